The maximum absolute atomic E-state index is 12.4. The van der Waals surface area contributed by atoms with Crippen LogP contribution in [0.4, 0.5) is 5.69 Å². The van der Waals surface area contributed by atoms with Crippen LogP contribution in [0.1, 0.15) is 15.9 Å². The maximum Gasteiger partial charge on any atom is 0.295 e. The number of amides is 1. The average molecular weight is 319 g/mol. The van der Waals surface area contributed by atoms with Gasteiger partial charge in [-0.05, 0) is 24.3 Å². The SMILES string of the molecule is N#Cc1cccc(C(=O)C(=O)N2CCN(c3ccccc3)CC2)c1. The van der Waals surface area contributed by atoms with Gasteiger partial charge in [0.25, 0.3) is 5.91 Å². The smallest absolute Gasteiger partial charge is 0.295 e. The van der Waals surface area contributed by atoms with Gasteiger partial charge >= 0.3 is 0 Å². The average Bonchev–Trinajstić information content (AvgIpc) is 2.67. The number of hydrogen-bond acceptors (Lipinski definition) is 4. The summed E-state index contributed by atoms with van der Waals surface area (Å²) >= 11 is 0. The zero-order valence-electron chi connectivity index (χ0n) is 13.2. The highest BCUT2D eigenvalue weighted by atomic mass is 16.2. The van der Waals surface area contributed by atoms with E-state index in [-0.39, 0.29) is 5.56 Å². The topological polar surface area (TPSA) is 64.4 Å². The Bertz CT molecular complexity index is 788. The Morgan fingerprint density at radius 1 is 0.917 bits per heavy atom. The van der Waals surface area contributed by atoms with E-state index in [2.05, 4.69) is 4.90 Å². The Kier molecular flexibility index (Phi) is 4.57. The van der Waals surface area contributed by atoms with E-state index in [1.807, 2.05) is 36.4 Å². The molecule has 0 saturated carbocycles. The number of carbonyl (C=O) groups is 2. The lowest BCUT2D eigenvalue weighted by atomic mass is 10.1. The molecular formula is C19H17N3O2. The summed E-state index contributed by atoms with van der Waals surface area (Å²) in [6.07, 6.45) is 0. The third kappa shape index (κ3) is 3.28. The van der Waals surface area contributed by atoms with E-state index in [9.17, 15) is 9.59 Å². The van der Waals surface area contributed by atoms with Crippen molar-refractivity contribution in [2.75, 3.05) is 31.1 Å². The second-order valence-corrected chi connectivity index (χ2v) is 5.64. The molecule has 5 heteroatoms. The quantitative estimate of drug-likeness (QED) is 0.642. The molecule has 0 N–H and O–H groups in total. The number of anilines is 1. The molecule has 120 valence electrons. The van der Waals surface area contributed by atoms with Crippen molar-refractivity contribution in [3.05, 3.63) is 65.7 Å². The van der Waals surface area contributed by atoms with Gasteiger partial charge in [-0.3, -0.25) is 9.59 Å². The molecule has 5 nitrogen and oxygen atoms in total. The Morgan fingerprint density at radius 2 is 1.62 bits per heavy atom. The summed E-state index contributed by atoms with van der Waals surface area (Å²) in [6, 6.07) is 18.3. The number of para-hydroxylation sites is 1. The molecule has 0 bridgehead atoms. The van der Waals surface area contributed by atoms with Gasteiger partial charge in [-0.25, -0.2) is 0 Å². The molecule has 1 aliphatic heterocycles. The molecule has 1 fully saturated rings. The highest BCUT2D eigenvalue weighted by molar-refractivity contribution is 6.42. The summed E-state index contributed by atoms with van der Waals surface area (Å²) in [5.41, 5.74) is 1.77. The number of ketones is 1. The van der Waals surface area contributed by atoms with E-state index in [1.54, 1.807) is 23.1 Å². The molecule has 0 radical (unpaired) electrons. The third-order valence-corrected chi connectivity index (χ3v) is 4.14. The third-order valence-electron chi connectivity index (χ3n) is 4.14. The number of Topliss-reactive ketones (excluding diaryl/α,β-unsaturated/α-hetero) is 1. The van der Waals surface area contributed by atoms with Gasteiger partial charge in [0.1, 0.15) is 0 Å². The molecule has 0 aromatic heterocycles. The van der Waals surface area contributed by atoms with E-state index >= 15 is 0 Å². The Balaban J connectivity index is 1.64. The largest absolute Gasteiger partial charge is 0.368 e. The molecule has 0 atom stereocenters. The van der Waals surface area contributed by atoms with Gasteiger partial charge in [0.2, 0.25) is 5.78 Å². The van der Waals surface area contributed by atoms with E-state index in [0.717, 1.165) is 5.69 Å². The molecule has 0 unspecified atom stereocenters. The van der Waals surface area contributed by atoms with E-state index in [4.69, 9.17) is 5.26 Å². The maximum atomic E-state index is 12.4. The molecule has 1 aliphatic rings. The molecule has 24 heavy (non-hydrogen) atoms. The van der Waals surface area contributed by atoms with Crippen LogP contribution in [0.3, 0.4) is 0 Å². The Hall–Kier alpha value is -3.13. The minimum atomic E-state index is -0.555. The van der Waals surface area contributed by atoms with Crippen LogP contribution in [-0.2, 0) is 4.79 Å². The minimum Gasteiger partial charge on any atom is -0.368 e. The summed E-state index contributed by atoms with van der Waals surface area (Å²) in [6.45, 7) is 2.41. The fourth-order valence-electron chi connectivity index (χ4n) is 2.80. The van der Waals surface area contributed by atoms with Gasteiger partial charge < -0.3 is 9.80 Å². The highest BCUT2D eigenvalue weighted by Crippen LogP contribution is 2.16. The minimum absolute atomic E-state index is 0.268. The second-order valence-electron chi connectivity index (χ2n) is 5.64. The molecule has 0 aliphatic carbocycles. The Labute approximate surface area is 140 Å². The number of nitrogens with zero attached hydrogens (tertiary/aromatic N) is 3. The summed E-state index contributed by atoms with van der Waals surface area (Å²) in [5.74, 6) is -1.06. The number of piperazine rings is 1. The van der Waals surface area contributed by atoms with Crippen LogP contribution >= 0.6 is 0 Å². The van der Waals surface area contributed by atoms with Gasteiger partial charge in [-0.1, -0.05) is 30.3 Å². The van der Waals surface area contributed by atoms with Crippen molar-refractivity contribution in [2.45, 2.75) is 0 Å². The number of hydrogen-bond donors (Lipinski definition) is 0. The fraction of sp³-hybridized carbons (Fsp3) is 0.211. The lowest BCUT2D eigenvalue weighted by Gasteiger charge is -2.35. The van der Waals surface area contributed by atoms with Crippen molar-refractivity contribution in [2.24, 2.45) is 0 Å². The first-order valence-corrected chi connectivity index (χ1v) is 7.83. The number of benzene rings is 2. The van der Waals surface area contributed by atoms with Crippen LogP contribution in [-0.4, -0.2) is 42.8 Å². The fourth-order valence-corrected chi connectivity index (χ4v) is 2.80. The molecule has 3 rings (SSSR count). The van der Waals surface area contributed by atoms with Crippen molar-refractivity contribution in [3.63, 3.8) is 0 Å². The van der Waals surface area contributed by atoms with Gasteiger partial charge in [0.15, 0.2) is 0 Å². The lowest BCUT2D eigenvalue weighted by Crippen LogP contribution is -2.50. The van der Waals surface area contributed by atoms with Gasteiger partial charge in [0.05, 0.1) is 11.6 Å². The predicted octanol–water partition coefficient (Wildman–Crippen LogP) is 2.09. The zero-order valence-corrected chi connectivity index (χ0v) is 13.2. The van der Waals surface area contributed by atoms with E-state index in [0.29, 0.717) is 31.7 Å². The molecular weight excluding hydrogens is 302 g/mol. The van der Waals surface area contributed by atoms with Crippen LogP contribution in [0.15, 0.2) is 54.6 Å². The van der Waals surface area contributed by atoms with Gasteiger partial charge in [-0.15, -0.1) is 0 Å². The van der Waals surface area contributed by atoms with Crippen molar-refractivity contribution in [1.82, 2.24) is 4.90 Å². The second kappa shape index (κ2) is 6.97. The van der Waals surface area contributed by atoms with Gasteiger partial charge in [-0.2, -0.15) is 5.26 Å². The normalized spacial score (nSPS) is 14.1. The molecule has 2 aromatic rings. The summed E-state index contributed by atoms with van der Waals surface area (Å²) in [5, 5.41) is 8.91. The lowest BCUT2D eigenvalue weighted by molar-refractivity contribution is -0.126. The molecule has 0 spiro atoms. The number of rotatable bonds is 3. The molecule has 1 amide bonds. The zero-order chi connectivity index (χ0) is 16.9. The first-order chi connectivity index (χ1) is 11.7. The van der Waals surface area contributed by atoms with Crippen molar-refractivity contribution in [3.8, 4) is 6.07 Å². The summed E-state index contributed by atoms with van der Waals surface area (Å²) in [4.78, 5) is 28.5. The monoisotopic (exact) mass is 319 g/mol. The number of carbonyl (C=O) groups excluding carboxylic acids is 2. The molecule has 1 saturated heterocycles. The summed E-state index contributed by atoms with van der Waals surface area (Å²) in [7, 11) is 0. The van der Waals surface area contributed by atoms with E-state index in [1.165, 1.54) is 6.07 Å². The van der Waals surface area contributed by atoms with Crippen molar-refractivity contribution >= 4 is 17.4 Å². The van der Waals surface area contributed by atoms with E-state index < -0.39 is 11.7 Å². The molecule has 2 aromatic carbocycles. The Morgan fingerprint density at radius 3 is 2.29 bits per heavy atom. The predicted molar refractivity (Wildman–Crippen MR) is 90.7 cm³/mol. The van der Waals surface area contributed by atoms with Crippen LogP contribution in [0.2, 0.25) is 0 Å². The first kappa shape index (κ1) is 15.8. The van der Waals surface area contributed by atoms with Crippen LogP contribution < -0.4 is 4.90 Å². The van der Waals surface area contributed by atoms with Crippen molar-refractivity contribution < 1.29 is 9.59 Å². The van der Waals surface area contributed by atoms with Crippen LogP contribution in [0.5, 0.6) is 0 Å². The van der Waals surface area contributed by atoms with Crippen molar-refractivity contribution in [1.29, 1.82) is 5.26 Å². The molecule has 1 heterocycles. The standard InChI is InChI=1S/C19H17N3O2/c20-14-15-5-4-6-16(13-15)18(23)19(24)22-11-9-21(10-12-22)17-7-2-1-3-8-17/h1-8,13H,9-12H2. The number of nitriles is 1. The van der Waals surface area contributed by atoms with Gasteiger partial charge in [0, 0.05) is 37.4 Å². The van der Waals surface area contributed by atoms with Crippen LogP contribution in [0.25, 0.3) is 0 Å². The first-order valence-electron chi connectivity index (χ1n) is 7.83. The van der Waals surface area contributed by atoms with Crippen LogP contribution in [0, 0.1) is 11.3 Å². The highest BCUT2D eigenvalue weighted by Gasteiger charge is 2.27. The summed E-state index contributed by atoms with van der Waals surface area (Å²) < 4.78 is 0.